The van der Waals surface area contributed by atoms with Crippen molar-refractivity contribution < 1.29 is 14.3 Å². The molecule has 0 fully saturated rings. The smallest absolute Gasteiger partial charge is 0.349 e. The van der Waals surface area contributed by atoms with Gasteiger partial charge in [-0.2, -0.15) is 0 Å². The van der Waals surface area contributed by atoms with E-state index >= 15 is 0 Å². The summed E-state index contributed by atoms with van der Waals surface area (Å²) in [6, 6.07) is 14.3. The summed E-state index contributed by atoms with van der Waals surface area (Å²) in [4.78, 5) is 44.0. The van der Waals surface area contributed by atoms with E-state index < -0.39 is 12.0 Å². The lowest BCUT2D eigenvalue weighted by atomic mass is 10.1. The Balaban J connectivity index is 1.58. The Hall–Kier alpha value is -3.78. The number of rotatable bonds is 6. The SMILES string of the molecule is Cc1ccc(NC(=O)C(C)n2cnc3sc(C(=O)OCc4ccccc4)c(C)c3c2=O)c(C)c1. The summed E-state index contributed by atoms with van der Waals surface area (Å²) >= 11 is 1.12. The van der Waals surface area contributed by atoms with Crippen LogP contribution in [0.4, 0.5) is 5.69 Å². The average molecular weight is 476 g/mol. The standard InChI is InChI=1S/C26H25N3O4S/c1-15-10-11-20(16(2)12-15)28-23(30)18(4)29-14-27-24-21(25(29)31)17(3)22(34-24)26(32)33-13-19-8-6-5-7-9-19/h5-12,14,18H,13H2,1-4H3,(H,28,30). The van der Waals surface area contributed by atoms with Crippen LogP contribution in [0.25, 0.3) is 10.2 Å². The third-order valence-corrected chi connectivity index (χ3v) is 6.89. The van der Waals surface area contributed by atoms with Crippen LogP contribution in [0.1, 0.15) is 44.9 Å². The summed E-state index contributed by atoms with van der Waals surface area (Å²) in [5.41, 5.74) is 3.74. The summed E-state index contributed by atoms with van der Waals surface area (Å²) < 4.78 is 6.73. The highest BCUT2D eigenvalue weighted by atomic mass is 32.1. The lowest BCUT2D eigenvalue weighted by molar-refractivity contribution is -0.118. The van der Waals surface area contributed by atoms with E-state index in [9.17, 15) is 14.4 Å². The van der Waals surface area contributed by atoms with E-state index in [0.29, 0.717) is 26.3 Å². The summed E-state index contributed by atoms with van der Waals surface area (Å²) in [6.45, 7) is 7.38. The fourth-order valence-electron chi connectivity index (χ4n) is 3.71. The number of amides is 1. The van der Waals surface area contributed by atoms with Gasteiger partial charge in [-0.25, -0.2) is 9.78 Å². The second kappa shape index (κ2) is 9.61. The van der Waals surface area contributed by atoms with E-state index in [1.165, 1.54) is 10.9 Å². The lowest BCUT2D eigenvalue weighted by Gasteiger charge is -2.16. The molecular weight excluding hydrogens is 450 g/mol. The number of esters is 1. The molecule has 2 aromatic carbocycles. The number of carbonyl (C=O) groups is 2. The van der Waals surface area contributed by atoms with Gasteiger partial charge < -0.3 is 10.1 Å². The van der Waals surface area contributed by atoms with Crippen LogP contribution in [0.3, 0.4) is 0 Å². The molecule has 0 aliphatic carbocycles. The molecule has 0 aliphatic heterocycles. The van der Waals surface area contributed by atoms with E-state index in [4.69, 9.17) is 4.74 Å². The molecule has 0 bridgehead atoms. The molecule has 4 aromatic rings. The molecule has 1 amide bonds. The number of thiophene rings is 1. The normalized spacial score (nSPS) is 11.9. The minimum Gasteiger partial charge on any atom is -0.457 e. The molecule has 0 saturated heterocycles. The molecule has 2 aromatic heterocycles. The van der Waals surface area contributed by atoms with Crippen molar-refractivity contribution in [1.29, 1.82) is 0 Å². The van der Waals surface area contributed by atoms with Gasteiger partial charge in [0.1, 0.15) is 22.4 Å². The lowest BCUT2D eigenvalue weighted by Crippen LogP contribution is -2.32. The number of fused-ring (bicyclic) bond motifs is 1. The van der Waals surface area contributed by atoms with Gasteiger partial charge in [0.2, 0.25) is 5.91 Å². The molecule has 2 heterocycles. The Morgan fingerprint density at radius 1 is 1.12 bits per heavy atom. The Bertz CT molecular complexity index is 1440. The Morgan fingerprint density at radius 3 is 2.56 bits per heavy atom. The zero-order valence-corrected chi connectivity index (χ0v) is 20.2. The second-order valence-corrected chi connectivity index (χ2v) is 9.24. The van der Waals surface area contributed by atoms with E-state index in [1.807, 2.05) is 62.4 Å². The molecule has 4 rings (SSSR count). The predicted octanol–water partition coefficient (Wildman–Crippen LogP) is 4.94. The molecule has 1 atom stereocenters. The van der Waals surface area contributed by atoms with Crippen molar-refractivity contribution in [1.82, 2.24) is 9.55 Å². The van der Waals surface area contributed by atoms with Crippen LogP contribution in [0.15, 0.2) is 59.7 Å². The van der Waals surface area contributed by atoms with E-state index in [1.54, 1.807) is 13.8 Å². The maximum absolute atomic E-state index is 13.3. The van der Waals surface area contributed by atoms with Crippen LogP contribution >= 0.6 is 11.3 Å². The summed E-state index contributed by atoms with van der Waals surface area (Å²) in [6.07, 6.45) is 1.35. The molecule has 0 spiro atoms. The van der Waals surface area contributed by atoms with Gasteiger partial charge in [-0.15, -0.1) is 11.3 Å². The largest absolute Gasteiger partial charge is 0.457 e. The van der Waals surface area contributed by atoms with Crippen molar-refractivity contribution in [2.24, 2.45) is 0 Å². The topological polar surface area (TPSA) is 90.3 Å². The van der Waals surface area contributed by atoms with Crippen molar-refractivity contribution >= 4 is 39.1 Å². The molecule has 174 valence electrons. The van der Waals surface area contributed by atoms with Gasteiger partial charge in [0.25, 0.3) is 5.56 Å². The number of nitrogens with one attached hydrogen (secondary N) is 1. The quantitative estimate of drug-likeness (QED) is 0.399. The highest BCUT2D eigenvalue weighted by Gasteiger charge is 2.24. The fourth-order valence-corrected chi connectivity index (χ4v) is 4.75. The molecular formula is C26H25N3O4S. The summed E-state index contributed by atoms with van der Waals surface area (Å²) in [7, 11) is 0. The first-order valence-electron chi connectivity index (χ1n) is 10.9. The van der Waals surface area contributed by atoms with Crippen molar-refractivity contribution in [3.8, 4) is 0 Å². The molecule has 0 aliphatic rings. The molecule has 0 radical (unpaired) electrons. The number of benzene rings is 2. The zero-order chi connectivity index (χ0) is 24.4. The van der Waals surface area contributed by atoms with Crippen LogP contribution in [-0.2, 0) is 16.1 Å². The van der Waals surface area contributed by atoms with Crippen LogP contribution in [-0.4, -0.2) is 21.4 Å². The van der Waals surface area contributed by atoms with Gasteiger partial charge in [0.15, 0.2) is 0 Å². The van der Waals surface area contributed by atoms with Gasteiger partial charge >= 0.3 is 5.97 Å². The molecule has 1 unspecified atom stereocenters. The van der Waals surface area contributed by atoms with Gasteiger partial charge in [0.05, 0.1) is 11.7 Å². The van der Waals surface area contributed by atoms with Crippen LogP contribution < -0.4 is 10.9 Å². The van der Waals surface area contributed by atoms with Crippen LogP contribution in [0.5, 0.6) is 0 Å². The van der Waals surface area contributed by atoms with E-state index in [2.05, 4.69) is 10.3 Å². The Kier molecular flexibility index (Phi) is 6.61. The van der Waals surface area contributed by atoms with Gasteiger partial charge in [-0.3, -0.25) is 14.2 Å². The zero-order valence-electron chi connectivity index (χ0n) is 19.4. The Labute approximate surface area is 201 Å². The number of aryl methyl sites for hydroxylation is 3. The van der Waals surface area contributed by atoms with E-state index in [0.717, 1.165) is 28.0 Å². The monoisotopic (exact) mass is 475 g/mol. The number of hydrogen-bond donors (Lipinski definition) is 1. The first-order chi connectivity index (χ1) is 16.3. The highest BCUT2D eigenvalue weighted by molar-refractivity contribution is 7.20. The minimum atomic E-state index is -0.794. The van der Waals surface area contributed by atoms with E-state index in [-0.39, 0.29) is 18.1 Å². The number of aromatic nitrogens is 2. The Morgan fingerprint density at radius 2 is 1.85 bits per heavy atom. The average Bonchev–Trinajstić information content (AvgIpc) is 3.17. The third kappa shape index (κ3) is 4.63. The molecule has 34 heavy (non-hydrogen) atoms. The van der Waals surface area contributed by atoms with Gasteiger partial charge in [0, 0.05) is 5.69 Å². The number of carbonyl (C=O) groups excluding carboxylic acids is 2. The number of nitrogens with zero attached hydrogens (tertiary/aromatic N) is 2. The van der Waals surface area contributed by atoms with Crippen molar-refractivity contribution in [3.63, 3.8) is 0 Å². The van der Waals surface area contributed by atoms with Crippen LogP contribution in [0, 0.1) is 20.8 Å². The maximum atomic E-state index is 13.3. The minimum absolute atomic E-state index is 0.140. The second-order valence-electron chi connectivity index (χ2n) is 8.24. The summed E-state index contributed by atoms with van der Waals surface area (Å²) in [5, 5.41) is 3.21. The molecule has 8 heteroatoms. The van der Waals surface area contributed by atoms with Crippen molar-refractivity contribution in [2.75, 3.05) is 5.32 Å². The molecule has 1 N–H and O–H groups in total. The number of ether oxygens (including phenoxy) is 1. The maximum Gasteiger partial charge on any atom is 0.349 e. The highest BCUT2D eigenvalue weighted by Crippen LogP contribution is 2.28. The first kappa shape index (κ1) is 23.4. The van der Waals surface area contributed by atoms with Crippen LogP contribution in [0.2, 0.25) is 0 Å². The van der Waals surface area contributed by atoms with Gasteiger partial charge in [-0.05, 0) is 50.5 Å². The van der Waals surface area contributed by atoms with Gasteiger partial charge in [-0.1, -0.05) is 48.0 Å². The number of anilines is 1. The third-order valence-electron chi connectivity index (χ3n) is 5.71. The first-order valence-corrected chi connectivity index (χ1v) is 11.7. The fraction of sp³-hybridized carbons (Fsp3) is 0.231. The van der Waals surface area contributed by atoms with Crippen molar-refractivity contribution in [3.05, 3.63) is 92.3 Å². The molecule has 7 nitrogen and oxygen atoms in total. The van der Waals surface area contributed by atoms with Crippen molar-refractivity contribution in [2.45, 2.75) is 40.3 Å². The number of hydrogen-bond acceptors (Lipinski definition) is 6. The summed E-state index contributed by atoms with van der Waals surface area (Å²) in [5.74, 6) is -0.832. The molecule has 0 saturated carbocycles. The predicted molar refractivity (Wildman–Crippen MR) is 133 cm³/mol.